The molecule has 6 heteroatoms. The van der Waals surface area contributed by atoms with E-state index in [0.717, 1.165) is 31.1 Å². The van der Waals surface area contributed by atoms with Gasteiger partial charge in [0, 0.05) is 37.5 Å². The van der Waals surface area contributed by atoms with E-state index >= 15 is 0 Å². The third-order valence-corrected chi connectivity index (χ3v) is 7.97. The molecule has 0 aromatic heterocycles. The summed E-state index contributed by atoms with van der Waals surface area (Å²) in [6.45, 7) is 5.40. The molecule has 1 heterocycles. The van der Waals surface area contributed by atoms with Gasteiger partial charge in [0.15, 0.2) is 0 Å². The summed E-state index contributed by atoms with van der Waals surface area (Å²) in [7, 11) is 0. The largest absolute Gasteiger partial charge is 0.411 e. The highest BCUT2D eigenvalue weighted by atomic mass is 16.4. The molecular formula is C19H30N4O2. The molecule has 0 amide bonds. The van der Waals surface area contributed by atoms with E-state index in [-0.39, 0.29) is 0 Å². The van der Waals surface area contributed by atoms with Gasteiger partial charge in [-0.1, -0.05) is 10.3 Å². The van der Waals surface area contributed by atoms with E-state index in [1.807, 2.05) is 0 Å². The topological polar surface area (TPSA) is 71.7 Å². The monoisotopic (exact) mass is 346 g/mol. The molecule has 138 valence electrons. The first-order valence-corrected chi connectivity index (χ1v) is 10.1. The van der Waals surface area contributed by atoms with Crippen LogP contribution in [0.5, 0.6) is 0 Å². The van der Waals surface area contributed by atoms with Crippen molar-refractivity contribution in [3.05, 3.63) is 0 Å². The summed E-state index contributed by atoms with van der Waals surface area (Å²) in [5.41, 5.74) is 2.10. The molecule has 6 nitrogen and oxygen atoms in total. The minimum atomic E-state index is 0.354. The van der Waals surface area contributed by atoms with Crippen LogP contribution in [0.3, 0.4) is 0 Å². The molecule has 0 spiro atoms. The van der Waals surface area contributed by atoms with E-state index in [2.05, 4.69) is 27.0 Å². The molecule has 2 N–H and O–H groups in total. The minimum Gasteiger partial charge on any atom is -0.411 e. The first kappa shape index (κ1) is 16.1. The van der Waals surface area contributed by atoms with E-state index in [1.54, 1.807) is 0 Å². The van der Waals surface area contributed by atoms with Crippen LogP contribution in [0.1, 0.15) is 45.4 Å². The Balaban J connectivity index is 1.31. The molecule has 1 saturated heterocycles. The van der Waals surface area contributed by atoms with Crippen molar-refractivity contribution in [2.45, 2.75) is 63.6 Å². The molecule has 1 aliphatic heterocycles. The van der Waals surface area contributed by atoms with Crippen molar-refractivity contribution < 1.29 is 10.4 Å². The summed E-state index contributed by atoms with van der Waals surface area (Å²) in [5, 5.41) is 26.5. The zero-order valence-corrected chi connectivity index (χ0v) is 15.1. The number of piperazine rings is 1. The number of fused-ring (bicyclic) bond motifs is 4. The number of oxime groups is 2. The van der Waals surface area contributed by atoms with E-state index in [1.165, 1.54) is 38.5 Å². The van der Waals surface area contributed by atoms with Gasteiger partial charge in [-0.15, -0.1) is 0 Å². The zero-order chi connectivity index (χ0) is 17.1. The Labute approximate surface area is 149 Å². The molecular weight excluding hydrogens is 316 g/mol. The fourth-order valence-corrected chi connectivity index (χ4v) is 6.98. The predicted molar refractivity (Wildman–Crippen MR) is 95.4 cm³/mol. The smallest absolute Gasteiger partial charge is 0.0775 e. The molecule has 7 unspecified atom stereocenters. The second kappa shape index (κ2) is 5.95. The summed E-state index contributed by atoms with van der Waals surface area (Å²) >= 11 is 0. The van der Waals surface area contributed by atoms with Gasteiger partial charge >= 0.3 is 0 Å². The van der Waals surface area contributed by atoms with Crippen molar-refractivity contribution >= 4 is 11.4 Å². The van der Waals surface area contributed by atoms with Crippen LogP contribution in [0.15, 0.2) is 10.3 Å². The third kappa shape index (κ3) is 2.29. The summed E-state index contributed by atoms with van der Waals surface area (Å²) in [6, 6.07) is 1.17. The van der Waals surface area contributed by atoms with Crippen LogP contribution in [0.4, 0.5) is 0 Å². The number of hydrogen-bond donors (Lipinski definition) is 2. The fraction of sp³-hybridized carbons (Fsp3) is 0.895. The number of rotatable bonds is 2. The molecule has 4 aliphatic carbocycles. The average molecular weight is 346 g/mol. The molecule has 5 rings (SSSR count). The second-order valence-electron chi connectivity index (χ2n) is 9.06. The minimum absolute atomic E-state index is 0.354. The van der Waals surface area contributed by atoms with Gasteiger partial charge in [-0.2, -0.15) is 0 Å². The number of hydrogen-bond acceptors (Lipinski definition) is 6. The molecule has 5 aliphatic rings. The lowest BCUT2D eigenvalue weighted by Crippen LogP contribution is -2.61. The standard InChI is InChI=1S/C19H30N4O2/c1-11-10-22(18-14-4-2-12(8-14)16(18)20-24)6-7-23(11)19-15-5-3-13(9-15)17(19)21-25/h11-15,18-19,24-25H,2-10H2,1H3/b20-16+,21-17+. The Kier molecular flexibility index (Phi) is 3.82. The van der Waals surface area contributed by atoms with Crippen molar-refractivity contribution in [3.8, 4) is 0 Å². The summed E-state index contributed by atoms with van der Waals surface area (Å²) in [5.74, 6) is 2.41. The van der Waals surface area contributed by atoms with Crippen LogP contribution in [0, 0.1) is 23.7 Å². The van der Waals surface area contributed by atoms with Crippen LogP contribution in [-0.2, 0) is 0 Å². The van der Waals surface area contributed by atoms with E-state index in [9.17, 15) is 10.4 Å². The first-order chi connectivity index (χ1) is 12.2. The molecule has 7 atom stereocenters. The van der Waals surface area contributed by atoms with Crippen LogP contribution >= 0.6 is 0 Å². The number of nitrogens with zero attached hydrogens (tertiary/aromatic N) is 4. The van der Waals surface area contributed by atoms with Crippen LogP contribution < -0.4 is 0 Å². The Morgan fingerprint density at radius 1 is 0.840 bits per heavy atom. The maximum atomic E-state index is 9.55. The van der Waals surface area contributed by atoms with Gasteiger partial charge < -0.3 is 10.4 Å². The maximum absolute atomic E-state index is 9.55. The van der Waals surface area contributed by atoms with Gasteiger partial charge in [-0.05, 0) is 57.3 Å². The summed E-state index contributed by atoms with van der Waals surface area (Å²) in [6.07, 6.45) is 7.41. The molecule has 0 aromatic rings. The molecule has 25 heavy (non-hydrogen) atoms. The van der Waals surface area contributed by atoms with Crippen LogP contribution in [0.2, 0.25) is 0 Å². The van der Waals surface area contributed by atoms with E-state index < -0.39 is 0 Å². The zero-order valence-electron chi connectivity index (χ0n) is 15.1. The quantitative estimate of drug-likeness (QED) is 0.594. The Bertz CT molecular complexity index is 606. The predicted octanol–water partition coefficient (Wildman–Crippen LogP) is 2.25. The fourth-order valence-electron chi connectivity index (χ4n) is 6.98. The van der Waals surface area contributed by atoms with Crippen molar-refractivity contribution in [3.63, 3.8) is 0 Å². The lowest BCUT2D eigenvalue weighted by molar-refractivity contribution is 0.0344. The SMILES string of the molecule is CC1CN(C2/C(=N/O)C3CCC2C3)CCN1C1/C(=N/O)C2CCC1C2. The Morgan fingerprint density at radius 2 is 1.44 bits per heavy atom. The molecule has 4 saturated carbocycles. The van der Waals surface area contributed by atoms with Gasteiger partial charge in [-0.3, -0.25) is 9.80 Å². The molecule has 0 radical (unpaired) electrons. The van der Waals surface area contributed by atoms with Crippen molar-refractivity contribution in [1.29, 1.82) is 0 Å². The highest BCUT2D eigenvalue weighted by Gasteiger charge is 2.52. The highest BCUT2D eigenvalue weighted by Crippen LogP contribution is 2.47. The molecule has 5 fully saturated rings. The second-order valence-corrected chi connectivity index (χ2v) is 9.06. The first-order valence-electron chi connectivity index (χ1n) is 10.1. The lowest BCUT2D eigenvalue weighted by atomic mass is 9.88. The van der Waals surface area contributed by atoms with Gasteiger partial charge in [0.1, 0.15) is 0 Å². The van der Waals surface area contributed by atoms with Gasteiger partial charge in [0.25, 0.3) is 0 Å². The average Bonchev–Trinajstić information content (AvgIpc) is 3.39. The Morgan fingerprint density at radius 3 is 2.04 bits per heavy atom. The molecule has 4 bridgehead atoms. The summed E-state index contributed by atoms with van der Waals surface area (Å²) in [4.78, 5) is 5.17. The van der Waals surface area contributed by atoms with Crippen LogP contribution in [-0.4, -0.2) is 69.4 Å². The van der Waals surface area contributed by atoms with Gasteiger partial charge in [-0.25, -0.2) is 0 Å². The third-order valence-electron chi connectivity index (χ3n) is 7.97. The lowest BCUT2D eigenvalue weighted by Gasteiger charge is -2.48. The van der Waals surface area contributed by atoms with E-state index in [4.69, 9.17) is 0 Å². The van der Waals surface area contributed by atoms with Crippen molar-refractivity contribution in [1.82, 2.24) is 9.80 Å². The highest BCUT2D eigenvalue weighted by molar-refractivity contribution is 5.95. The normalized spacial score (nSPS) is 50.5. The van der Waals surface area contributed by atoms with Gasteiger partial charge in [0.2, 0.25) is 0 Å². The van der Waals surface area contributed by atoms with Gasteiger partial charge in [0.05, 0.1) is 23.5 Å². The van der Waals surface area contributed by atoms with E-state index in [0.29, 0.717) is 41.8 Å². The van der Waals surface area contributed by atoms with Crippen molar-refractivity contribution in [2.75, 3.05) is 19.6 Å². The van der Waals surface area contributed by atoms with Crippen molar-refractivity contribution in [2.24, 2.45) is 34.0 Å². The maximum Gasteiger partial charge on any atom is 0.0775 e. The summed E-state index contributed by atoms with van der Waals surface area (Å²) < 4.78 is 0. The Hall–Kier alpha value is -1.14. The molecule has 0 aromatic carbocycles. The van der Waals surface area contributed by atoms with Crippen LogP contribution in [0.25, 0.3) is 0 Å².